The van der Waals surface area contributed by atoms with E-state index < -0.39 is 0 Å². The van der Waals surface area contributed by atoms with Gasteiger partial charge in [0.2, 0.25) is 5.89 Å². The number of nitrogens with zero attached hydrogens (tertiary/aromatic N) is 4. The molecule has 1 fully saturated rings. The second-order valence-electron chi connectivity index (χ2n) is 6.34. The molecule has 23 heavy (non-hydrogen) atoms. The lowest BCUT2D eigenvalue weighted by molar-refractivity contribution is 0.206. The summed E-state index contributed by atoms with van der Waals surface area (Å²) in [7, 11) is 2.17. The molecular weight excluding hydrogens is 288 g/mol. The predicted octanol–water partition coefficient (Wildman–Crippen LogP) is 2.38. The van der Waals surface area contributed by atoms with Crippen LogP contribution in [0.3, 0.4) is 0 Å². The highest BCUT2D eigenvalue weighted by atomic mass is 16.4. The van der Waals surface area contributed by atoms with Crippen molar-refractivity contribution in [2.24, 2.45) is 0 Å². The highest BCUT2D eigenvalue weighted by molar-refractivity contribution is 5.10. The molecule has 0 spiro atoms. The number of hydrogen-bond donors (Lipinski definition) is 0. The molecule has 1 saturated heterocycles. The maximum absolute atomic E-state index is 5.72. The van der Waals surface area contributed by atoms with E-state index in [1.165, 1.54) is 18.5 Å². The number of aryl methyl sites for hydroxylation is 1. The van der Waals surface area contributed by atoms with Crippen molar-refractivity contribution in [3.8, 4) is 0 Å². The van der Waals surface area contributed by atoms with Crippen molar-refractivity contribution in [3.63, 3.8) is 0 Å². The molecule has 0 aromatic carbocycles. The smallest absolute Gasteiger partial charge is 0.208 e. The lowest BCUT2D eigenvalue weighted by Gasteiger charge is -2.23. The van der Waals surface area contributed by atoms with Gasteiger partial charge in [0.25, 0.3) is 0 Å². The van der Waals surface area contributed by atoms with Crippen molar-refractivity contribution >= 4 is 0 Å². The van der Waals surface area contributed by atoms with Crippen LogP contribution in [-0.4, -0.2) is 52.5 Å². The van der Waals surface area contributed by atoms with Gasteiger partial charge in [0.05, 0.1) is 12.7 Å². The van der Waals surface area contributed by atoms with Gasteiger partial charge >= 0.3 is 0 Å². The third-order valence-electron chi connectivity index (χ3n) is 4.67. The van der Waals surface area contributed by atoms with E-state index in [-0.39, 0.29) is 0 Å². The molecule has 1 atom stereocenters. The summed E-state index contributed by atoms with van der Waals surface area (Å²) in [5.41, 5.74) is 1.36. The summed E-state index contributed by atoms with van der Waals surface area (Å²) >= 11 is 0. The maximum Gasteiger partial charge on any atom is 0.208 e. The number of rotatable bonds is 7. The van der Waals surface area contributed by atoms with Gasteiger partial charge in [0.1, 0.15) is 5.76 Å². The van der Waals surface area contributed by atoms with E-state index in [9.17, 15) is 0 Å². The van der Waals surface area contributed by atoms with E-state index in [2.05, 4.69) is 45.9 Å². The molecule has 0 N–H and O–H groups in total. The molecule has 1 aliphatic rings. The fraction of sp³-hybridized carbons (Fsp3) is 0.556. The number of pyridine rings is 1. The molecule has 0 radical (unpaired) electrons. The number of hydrogen-bond acceptors (Lipinski definition) is 5. The molecule has 0 bridgehead atoms. The molecule has 3 rings (SSSR count). The molecule has 5 heteroatoms. The van der Waals surface area contributed by atoms with Crippen LogP contribution in [0.15, 0.2) is 35.1 Å². The molecule has 124 valence electrons. The quantitative estimate of drug-likeness (QED) is 0.785. The Bertz CT molecular complexity index is 598. The van der Waals surface area contributed by atoms with Crippen LogP contribution in [-0.2, 0) is 19.4 Å². The van der Waals surface area contributed by atoms with Crippen LogP contribution in [0.4, 0.5) is 0 Å². The fourth-order valence-electron chi connectivity index (χ4n) is 3.14. The van der Waals surface area contributed by atoms with Crippen LogP contribution in [0.25, 0.3) is 0 Å². The van der Waals surface area contributed by atoms with Gasteiger partial charge in [-0.25, -0.2) is 4.98 Å². The fourth-order valence-corrected chi connectivity index (χ4v) is 3.14. The number of oxazole rings is 1. The Morgan fingerprint density at radius 2 is 2.17 bits per heavy atom. The lowest BCUT2D eigenvalue weighted by atomic mass is 10.2. The Morgan fingerprint density at radius 1 is 1.35 bits per heavy atom. The summed E-state index contributed by atoms with van der Waals surface area (Å²) in [6.07, 6.45) is 8.81. The second kappa shape index (κ2) is 7.70. The standard InChI is InChI=1S/C18H26N4O/c1-3-17-12-20-18(23-17)14-21(2)16-7-11-22(13-16)10-6-15-4-8-19-9-5-15/h4-5,8-9,12,16H,3,6-7,10-11,13-14H2,1-2H3/t16-/m1/s1. The van der Waals surface area contributed by atoms with Crippen molar-refractivity contribution in [1.29, 1.82) is 0 Å². The van der Waals surface area contributed by atoms with Crippen LogP contribution in [0.1, 0.15) is 30.6 Å². The Labute approximate surface area is 138 Å². The number of likely N-dealkylation sites (tertiary alicyclic amines) is 1. The minimum Gasteiger partial charge on any atom is -0.444 e. The first-order valence-corrected chi connectivity index (χ1v) is 8.49. The first-order chi connectivity index (χ1) is 11.2. The van der Waals surface area contributed by atoms with Crippen LogP contribution < -0.4 is 0 Å². The highest BCUT2D eigenvalue weighted by Gasteiger charge is 2.26. The Morgan fingerprint density at radius 3 is 2.91 bits per heavy atom. The van der Waals surface area contributed by atoms with Crippen molar-refractivity contribution in [1.82, 2.24) is 19.8 Å². The van der Waals surface area contributed by atoms with Gasteiger partial charge in [-0.2, -0.15) is 0 Å². The molecule has 3 heterocycles. The van der Waals surface area contributed by atoms with Crippen LogP contribution in [0.2, 0.25) is 0 Å². The summed E-state index contributed by atoms with van der Waals surface area (Å²) in [6, 6.07) is 4.80. The van der Waals surface area contributed by atoms with Crippen molar-refractivity contribution in [2.45, 2.75) is 38.8 Å². The Kier molecular flexibility index (Phi) is 5.41. The number of aromatic nitrogens is 2. The summed E-state index contributed by atoms with van der Waals surface area (Å²) in [5, 5.41) is 0. The van der Waals surface area contributed by atoms with Gasteiger partial charge in [-0.1, -0.05) is 6.92 Å². The lowest BCUT2D eigenvalue weighted by Crippen LogP contribution is -2.34. The van der Waals surface area contributed by atoms with Gasteiger partial charge < -0.3 is 9.32 Å². The highest BCUT2D eigenvalue weighted by Crippen LogP contribution is 2.17. The molecule has 5 nitrogen and oxygen atoms in total. The summed E-state index contributed by atoms with van der Waals surface area (Å²) < 4.78 is 5.72. The average Bonchev–Trinajstić information content (AvgIpc) is 3.23. The van der Waals surface area contributed by atoms with Crippen molar-refractivity contribution in [3.05, 3.63) is 47.9 Å². The molecule has 1 aliphatic heterocycles. The van der Waals surface area contributed by atoms with E-state index in [4.69, 9.17) is 4.42 Å². The van der Waals surface area contributed by atoms with E-state index in [0.29, 0.717) is 6.04 Å². The van der Waals surface area contributed by atoms with E-state index in [0.717, 1.165) is 44.1 Å². The third kappa shape index (κ3) is 4.39. The normalized spacial score (nSPS) is 18.8. The minimum atomic E-state index is 0.587. The third-order valence-corrected chi connectivity index (χ3v) is 4.67. The Hall–Kier alpha value is -1.72. The topological polar surface area (TPSA) is 45.4 Å². The molecule has 0 saturated carbocycles. The van der Waals surface area contributed by atoms with E-state index in [1.807, 2.05) is 18.6 Å². The molecule has 0 amide bonds. The SMILES string of the molecule is CCc1cnc(CN(C)[C@@H]2CCN(CCc3ccncc3)C2)o1. The molecule has 2 aromatic heterocycles. The monoisotopic (exact) mass is 314 g/mol. The largest absolute Gasteiger partial charge is 0.444 e. The van der Waals surface area contributed by atoms with Crippen LogP contribution in [0, 0.1) is 0 Å². The Balaban J connectivity index is 1.45. The zero-order valence-electron chi connectivity index (χ0n) is 14.1. The molecule has 0 unspecified atom stereocenters. The molecule has 2 aromatic rings. The predicted molar refractivity (Wildman–Crippen MR) is 90.1 cm³/mol. The minimum absolute atomic E-state index is 0.587. The van der Waals surface area contributed by atoms with Gasteiger partial charge in [-0.15, -0.1) is 0 Å². The zero-order valence-corrected chi connectivity index (χ0v) is 14.1. The molecular formula is C18H26N4O. The summed E-state index contributed by atoms with van der Waals surface area (Å²) in [6.45, 7) is 6.30. The molecule has 0 aliphatic carbocycles. The second-order valence-corrected chi connectivity index (χ2v) is 6.34. The maximum atomic E-state index is 5.72. The van der Waals surface area contributed by atoms with E-state index in [1.54, 1.807) is 0 Å². The first kappa shape index (κ1) is 16.1. The van der Waals surface area contributed by atoms with Crippen molar-refractivity contribution < 1.29 is 4.42 Å². The van der Waals surface area contributed by atoms with Gasteiger partial charge in [-0.3, -0.25) is 9.88 Å². The first-order valence-electron chi connectivity index (χ1n) is 8.49. The number of likely N-dealkylation sites (N-methyl/N-ethyl adjacent to an activating group) is 1. The zero-order chi connectivity index (χ0) is 16.1. The summed E-state index contributed by atoms with van der Waals surface area (Å²) in [5.74, 6) is 1.80. The van der Waals surface area contributed by atoms with Gasteiger partial charge in [0, 0.05) is 37.9 Å². The van der Waals surface area contributed by atoms with E-state index >= 15 is 0 Å². The average molecular weight is 314 g/mol. The van der Waals surface area contributed by atoms with Gasteiger partial charge in [-0.05, 0) is 44.1 Å². The van der Waals surface area contributed by atoms with Crippen LogP contribution in [0.5, 0.6) is 0 Å². The van der Waals surface area contributed by atoms with Crippen molar-refractivity contribution in [2.75, 3.05) is 26.7 Å². The van der Waals surface area contributed by atoms with Gasteiger partial charge in [0.15, 0.2) is 0 Å². The van der Waals surface area contributed by atoms with Crippen LogP contribution >= 0.6 is 0 Å². The summed E-state index contributed by atoms with van der Waals surface area (Å²) in [4.78, 5) is 13.4.